The fourth-order valence-corrected chi connectivity index (χ4v) is 7.88. The van der Waals surface area contributed by atoms with Gasteiger partial charge in [-0.05, 0) is 79.6 Å². The zero-order valence-corrected chi connectivity index (χ0v) is 10.8. The van der Waals surface area contributed by atoms with E-state index in [9.17, 15) is 0 Å². The van der Waals surface area contributed by atoms with Gasteiger partial charge in [0.1, 0.15) is 0 Å². The minimum absolute atomic E-state index is 0. The number of hydrogen-bond acceptors (Lipinski definition) is 1. The van der Waals surface area contributed by atoms with E-state index in [2.05, 4.69) is 12.4 Å². The third kappa shape index (κ3) is 0.689. The van der Waals surface area contributed by atoms with E-state index in [1.165, 1.54) is 36.1 Å². The first-order valence-electron chi connectivity index (χ1n) is 7.04. The van der Waals surface area contributed by atoms with Crippen LogP contribution in [0.3, 0.4) is 0 Å². The van der Waals surface area contributed by atoms with E-state index in [-0.39, 0.29) is 12.4 Å². The lowest BCUT2D eigenvalue weighted by atomic mass is 9.59. The fourth-order valence-electron chi connectivity index (χ4n) is 7.88. The monoisotopic (exact) mass is 239 g/mol. The molecule has 0 aromatic rings. The van der Waals surface area contributed by atoms with Crippen LogP contribution in [0.4, 0.5) is 0 Å². The maximum atomic E-state index is 3.55. The molecule has 0 aromatic carbocycles. The average molecular weight is 240 g/mol. The Balaban J connectivity index is 0.000000722. The molecule has 2 heteroatoms. The van der Waals surface area contributed by atoms with Crippen molar-refractivity contribution in [2.45, 2.75) is 25.7 Å². The summed E-state index contributed by atoms with van der Waals surface area (Å²) in [4.78, 5) is 0. The Morgan fingerprint density at radius 1 is 1.00 bits per heavy atom. The van der Waals surface area contributed by atoms with Crippen molar-refractivity contribution in [3.05, 3.63) is 0 Å². The second-order valence-corrected chi connectivity index (χ2v) is 7.02. The molecule has 6 rings (SSSR count). The molecule has 0 heterocycles. The zero-order valence-electron chi connectivity index (χ0n) is 9.99. The van der Waals surface area contributed by atoms with Gasteiger partial charge in [0.25, 0.3) is 0 Å². The van der Waals surface area contributed by atoms with Crippen molar-refractivity contribution in [3.63, 3.8) is 0 Å². The first-order valence-corrected chi connectivity index (χ1v) is 7.04. The van der Waals surface area contributed by atoms with Gasteiger partial charge in [0.05, 0.1) is 0 Å². The summed E-state index contributed by atoms with van der Waals surface area (Å²) >= 11 is 0. The molecule has 6 aliphatic carbocycles. The number of nitrogens with one attached hydrogen (secondary N) is 1. The Morgan fingerprint density at radius 3 is 2.06 bits per heavy atom. The molecule has 0 saturated heterocycles. The van der Waals surface area contributed by atoms with Crippen molar-refractivity contribution in [2.24, 2.45) is 46.8 Å². The third-order valence-corrected chi connectivity index (χ3v) is 7.39. The van der Waals surface area contributed by atoms with Gasteiger partial charge in [0.2, 0.25) is 0 Å². The molecule has 16 heavy (non-hydrogen) atoms. The smallest absolute Gasteiger partial charge is 0.00132 e. The predicted molar refractivity (Wildman–Crippen MR) is 66.5 cm³/mol. The maximum Gasteiger partial charge on any atom is 0.00132 e. The summed E-state index contributed by atoms with van der Waals surface area (Å²) in [7, 11) is 2.18. The minimum Gasteiger partial charge on any atom is -0.319 e. The Bertz CT molecular complexity index is 316. The summed E-state index contributed by atoms with van der Waals surface area (Å²) in [5, 5.41) is 3.55. The maximum absolute atomic E-state index is 3.55. The summed E-state index contributed by atoms with van der Waals surface area (Å²) in [6.45, 7) is 1.35. The van der Waals surface area contributed by atoms with Gasteiger partial charge in [-0.1, -0.05) is 0 Å². The standard InChI is InChI=1S/C14H21N.ClH/c1-15-6-14-9-4-2-7-11(9)12-8(13(7)14)3-5-10(12)14;/h7-13,15H,2-6H2,1H3;1H/t7-,8+,9+,10-,11-,12+,13?,14?;. The van der Waals surface area contributed by atoms with E-state index in [4.69, 9.17) is 0 Å². The predicted octanol–water partition coefficient (Wildman–Crippen LogP) is 2.56. The Labute approximate surface area is 104 Å². The van der Waals surface area contributed by atoms with E-state index in [1.807, 2.05) is 0 Å². The minimum atomic E-state index is 0. The van der Waals surface area contributed by atoms with Crippen LogP contribution in [0.2, 0.25) is 0 Å². The lowest BCUT2D eigenvalue weighted by Gasteiger charge is -2.47. The van der Waals surface area contributed by atoms with Crippen LogP contribution >= 0.6 is 12.4 Å². The van der Waals surface area contributed by atoms with Crippen LogP contribution in [-0.2, 0) is 0 Å². The molecule has 0 amide bonds. The Kier molecular flexibility index (Phi) is 1.79. The number of rotatable bonds is 2. The van der Waals surface area contributed by atoms with Crippen LogP contribution < -0.4 is 5.32 Å². The van der Waals surface area contributed by atoms with Gasteiger partial charge < -0.3 is 5.32 Å². The first-order chi connectivity index (χ1) is 7.39. The highest BCUT2D eigenvalue weighted by atomic mass is 35.5. The van der Waals surface area contributed by atoms with Crippen molar-refractivity contribution in [2.75, 3.05) is 13.6 Å². The van der Waals surface area contributed by atoms with Gasteiger partial charge in [0, 0.05) is 6.54 Å². The van der Waals surface area contributed by atoms with Crippen LogP contribution in [0.1, 0.15) is 25.7 Å². The van der Waals surface area contributed by atoms with Gasteiger partial charge in [-0.3, -0.25) is 0 Å². The molecule has 2 unspecified atom stereocenters. The fraction of sp³-hybridized carbons (Fsp3) is 1.00. The third-order valence-electron chi connectivity index (χ3n) is 7.39. The molecular formula is C14H22ClN. The van der Waals surface area contributed by atoms with Crippen molar-refractivity contribution in [1.29, 1.82) is 0 Å². The second kappa shape index (κ2) is 2.80. The topological polar surface area (TPSA) is 12.0 Å². The number of halogens is 1. The summed E-state index contributed by atoms with van der Waals surface area (Å²) in [6, 6.07) is 0. The van der Waals surface area contributed by atoms with Crippen LogP contribution in [0, 0.1) is 46.8 Å². The molecule has 6 saturated carbocycles. The van der Waals surface area contributed by atoms with Crippen molar-refractivity contribution in [1.82, 2.24) is 5.32 Å². The van der Waals surface area contributed by atoms with Gasteiger partial charge in [0.15, 0.2) is 0 Å². The quantitative estimate of drug-likeness (QED) is 0.781. The molecule has 0 radical (unpaired) electrons. The molecule has 1 N–H and O–H groups in total. The average Bonchev–Trinajstić information content (AvgIpc) is 2.97. The largest absolute Gasteiger partial charge is 0.319 e. The zero-order chi connectivity index (χ0) is 9.78. The normalized spacial score (nSPS) is 66.9. The van der Waals surface area contributed by atoms with Crippen LogP contribution in [0.25, 0.3) is 0 Å². The van der Waals surface area contributed by atoms with Crippen LogP contribution in [0.5, 0.6) is 0 Å². The van der Waals surface area contributed by atoms with E-state index in [0.29, 0.717) is 0 Å². The van der Waals surface area contributed by atoms with Crippen LogP contribution in [0.15, 0.2) is 0 Å². The molecule has 6 fully saturated rings. The molecule has 0 aliphatic heterocycles. The summed E-state index contributed by atoms with van der Waals surface area (Å²) < 4.78 is 0. The lowest BCUT2D eigenvalue weighted by Crippen LogP contribution is -2.47. The molecule has 0 spiro atoms. The van der Waals surface area contributed by atoms with Crippen LogP contribution in [-0.4, -0.2) is 13.6 Å². The van der Waals surface area contributed by atoms with Crippen molar-refractivity contribution in [3.8, 4) is 0 Å². The molecule has 90 valence electrons. The van der Waals surface area contributed by atoms with E-state index >= 15 is 0 Å². The number of hydrogen-bond donors (Lipinski definition) is 1. The highest BCUT2D eigenvalue weighted by molar-refractivity contribution is 5.85. The van der Waals surface area contributed by atoms with Gasteiger partial charge in [-0.2, -0.15) is 0 Å². The van der Waals surface area contributed by atoms with Crippen molar-refractivity contribution >= 4 is 12.4 Å². The molecular weight excluding hydrogens is 218 g/mol. The summed E-state index contributed by atoms with van der Waals surface area (Å²) in [5.41, 5.74) is 0.815. The van der Waals surface area contributed by atoms with E-state index in [1.54, 1.807) is 25.7 Å². The van der Waals surface area contributed by atoms with E-state index < -0.39 is 0 Å². The molecule has 8 atom stereocenters. The molecule has 0 aromatic heterocycles. The SMILES string of the molecule is CNCC12C3[C@H]4CC[C@@H]1[C@H]4[C@@H]1[C@H]3CC[C@@H]12.Cl. The highest BCUT2D eigenvalue weighted by Gasteiger charge is 2.83. The molecule has 8 bridgehead atoms. The van der Waals surface area contributed by atoms with Gasteiger partial charge in [-0.25, -0.2) is 0 Å². The van der Waals surface area contributed by atoms with Gasteiger partial charge in [-0.15, -0.1) is 12.4 Å². The molecule has 1 nitrogen and oxygen atoms in total. The highest BCUT2D eigenvalue weighted by Crippen LogP contribution is 2.87. The Hall–Kier alpha value is 0.250. The first kappa shape index (κ1) is 10.2. The second-order valence-electron chi connectivity index (χ2n) is 7.02. The van der Waals surface area contributed by atoms with E-state index in [0.717, 1.165) is 17.3 Å². The van der Waals surface area contributed by atoms with Crippen molar-refractivity contribution < 1.29 is 0 Å². The summed E-state index contributed by atoms with van der Waals surface area (Å²) in [6.07, 6.45) is 6.39. The summed E-state index contributed by atoms with van der Waals surface area (Å²) in [5.74, 6) is 8.29. The lowest BCUT2D eigenvalue weighted by molar-refractivity contribution is 0.0235. The Morgan fingerprint density at radius 2 is 1.56 bits per heavy atom. The van der Waals surface area contributed by atoms with Gasteiger partial charge >= 0.3 is 0 Å². The molecule has 6 aliphatic rings.